The van der Waals surface area contributed by atoms with Crippen LogP contribution in [0.15, 0.2) is 36.8 Å². The summed E-state index contributed by atoms with van der Waals surface area (Å²) >= 11 is 0. The van der Waals surface area contributed by atoms with E-state index in [9.17, 15) is 9.18 Å². The van der Waals surface area contributed by atoms with Gasteiger partial charge in [-0.3, -0.25) is 9.18 Å². The largest absolute Gasteiger partial charge is 0.478 e. The summed E-state index contributed by atoms with van der Waals surface area (Å²) in [6, 6.07) is 3.50. The Hall–Kier alpha value is -3.29. The lowest BCUT2D eigenvalue weighted by Gasteiger charge is -2.05. The van der Waals surface area contributed by atoms with Crippen molar-refractivity contribution in [3.05, 3.63) is 42.4 Å². The fourth-order valence-electron chi connectivity index (χ4n) is 2.20. The van der Waals surface area contributed by atoms with E-state index in [4.69, 9.17) is 10.5 Å². The van der Waals surface area contributed by atoms with Gasteiger partial charge in [0.1, 0.15) is 5.52 Å². The SMILES string of the molecule is NC(=O)/C=C/c1c[nH]c2ncc(-c3ccc(OCCCF)nc3)nc12. The van der Waals surface area contributed by atoms with Gasteiger partial charge in [0.15, 0.2) is 5.65 Å². The lowest BCUT2D eigenvalue weighted by Crippen LogP contribution is -2.05. The lowest BCUT2D eigenvalue weighted by molar-refractivity contribution is -0.113. The second-order valence-electron chi connectivity index (χ2n) is 5.21. The van der Waals surface area contributed by atoms with Gasteiger partial charge in [-0.15, -0.1) is 0 Å². The second-order valence-corrected chi connectivity index (χ2v) is 5.21. The molecule has 1 amide bonds. The molecule has 25 heavy (non-hydrogen) atoms. The molecule has 3 rings (SSSR count). The number of aromatic nitrogens is 4. The highest BCUT2D eigenvalue weighted by Gasteiger charge is 2.08. The van der Waals surface area contributed by atoms with Crippen molar-refractivity contribution >= 4 is 23.1 Å². The number of hydrogen-bond donors (Lipinski definition) is 2. The van der Waals surface area contributed by atoms with Gasteiger partial charge in [-0.25, -0.2) is 15.0 Å². The van der Waals surface area contributed by atoms with E-state index in [1.807, 2.05) is 0 Å². The first-order chi connectivity index (χ1) is 12.2. The number of nitrogens with one attached hydrogen (secondary N) is 1. The Morgan fingerprint density at radius 1 is 1.32 bits per heavy atom. The van der Waals surface area contributed by atoms with Crippen molar-refractivity contribution in [1.29, 1.82) is 0 Å². The van der Waals surface area contributed by atoms with Gasteiger partial charge in [0.2, 0.25) is 11.8 Å². The highest BCUT2D eigenvalue weighted by molar-refractivity contribution is 5.93. The van der Waals surface area contributed by atoms with Crippen LogP contribution in [0.4, 0.5) is 4.39 Å². The monoisotopic (exact) mass is 341 g/mol. The van der Waals surface area contributed by atoms with Gasteiger partial charge in [0.25, 0.3) is 0 Å². The number of fused-ring (bicyclic) bond motifs is 1. The number of carbonyl (C=O) groups is 1. The average Bonchev–Trinajstić information content (AvgIpc) is 3.03. The first-order valence-corrected chi connectivity index (χ1v) is 7.64. The molecule has 3 heterocycles. The number of hydrogen-bond acceptors (Lipinski definition) is 5. The van der Waals surface area contributed by atoms with Crippen molar-refractivity contribution in [2.24, 2.45) is 5.73 Å². The Morgan fingerprint density at radius 2 is 2.20 bits per heavy atom. The number of aromatic amines is 1. The lowest BCUT2D eigenvalue weighted by atomic mass is 10.2. The predicted octanol–water partition coefficient (Wildman–Crippen LogP) is 2.26. The van der Waals surface area contributed by atoms with Crippen molar-refractivity contribution in [1.82, 2.24) is 19.9 Å². The molecule has 7 nitrogen and oxygen atoms in total. The third kappa shape index (κ3) is 3.97. The molecule has 3 aromatic rings. The summed E-state index contributed by atoms with van der Waals surface area (Å²) in [5, 5.41) is 0. The Labute approximate surface area is 142 Å². The third-order valence-electron chi connectivity index (χ3n) is 3.40. The van der Waals surface area contributed by atoms with Crippen LogP contribution in [0.25, 0.3) is 28.5 Å². The average molecular weight is 341 g/mol. The molecule has 8 heteroatoms. The van der Waals surface area contributed by atoms with Gasteiger partial charge in [-0.1, -0.05) is 0 Å². The molecule has 0 spiro atoms. The van der Waals surface area contributed by atoms with E-state index in [1.54, 1.807) is 36.8 Å². The van der Waals surface area contributed by atoms with Gasteiger partial charge >= 0.3 is 0 Å². The number of nitrogens with two attached hydrogens (primary N) is 1. The first-order valence-electron chi connectivity index (χ1n) is 7.64. The van der Waals surface area contributed by atoms with Crippen LogP contribution < -0.4 is 10.5 Å². The van der Waals surface area contributed by atoms with Crippen LogP contribution in [0.1, 0.15) is 12.0 Å². The van der Waals surface area contributed by atoms with Crippen LogP contribution in [0.2, 0.25) is 0 Å². The number of amides is 1. The van der Waals surface area contributed by atoms with E-state index in [0.29, 0.717) is 34.7 Å². The van der Waals surface area contributed by atoms with Crippen molar-refractivity contribution in [3.8, 4) is 17.1 Å². The number of carbonyl (C=O) groups excluding carboxylic acids is 1. The molecule has 0 radical (unpaired) electrons. The summed E-state index contributed by atoms with van der Waals surface area (Å²) in [7, 11) is 0. The standard InChI is InChI=1S/C17H16FN5O2/c18-6-1-7-25-15-5-3-11(8-20-15)13-10-22-17-16(23-13)12(9-21-17)2-4-14(19)24/h2-5,8-10H,1,6-7H2,(H2,19,24)(H,21,22)/b4-2+. The Balaban J connectivity index is 1.85. The van der Waals surface area contributed by atoms with Crippen molar-refractivity contribution in [3.63, 3.8) is 0 Å². The fourth-order valence-corrected chi connectivity index (χ4v) is 2.20. The van der Waals surface area contributed by atoms with Crippen molar-refractivity contribution in [2.75, 3.05) is 13.3 Å². The summed E-state index contributed by atoms with van der Waals surface area (Å²) in [5.74, 6) is -0.107. The highest BCUT2D eigenvalue weighted by Crippen LogP contribution is 2.22. The zero-order valence-electron chi connectivity index (χ0n) is 13.3. The van der Waals surface area contributed by atoms with Gasteiger partial charge < -0.3 is 15.5 Å². The molecule has 0 saturated heterocycles. The van der Waals surface area contributed by atoms with E-state index < -0.39 is 12.6 Å². The minimum Gasteiger partial charge on any atom is -0.478 e. The Bertz CT molecular complexity index is 905. The highest BCUT2D eigenvalue weighted by atomic mass is 19.1. The van der Waals surface area contributed by atoms with E-state index in [-0.39, 0.29) is 6.61 Å². The van der Waals surface area contributed by atoms with Crippen LogP contribution in [0.3, 0.4) is 0 Å². The van der Waals surface area contributed by atoms with Crippen LogP contribution in [-0.2, 0) is 4.79 Å². The molecule has 0 saturated carbocycles. The molecule has 0 aliphatic carbocycles. The summed E-state index contributed by atoms with van der Waals surface area (Å²) in [6.45, 7) is -0.135. The van der Waals surface area contributed by atoms with Crippen LogP contribution in [0, 0.1) is 0 Å². The van der Waals surface area contributed by atoms with E-state index in [2.05, 4.69) is 19.9 Å². The molecule has 0 aliphatic heterocycles. The summed E-state index contributed by atoms with van der Waals surface area (Å²) < 4.78 is 17.4. The van der Waals surface area contributed by atoms with Crippen LogP contribution in [-0.4, -0.2) is 39.1 Å². The van der Waals surface area contributed by atoms with E-state index in [0.717, 1.165) is 5.56 Å². The van der Waals surface area contributed by atoms with Crippen LogP contribution >= 0.6 is 0 Å². The zero-order valence-corrected chi connectivity index (χ0v) is 13.3. The first kappa shape index (κ1) is 16.6. The summed E-state index contributed by atoms with van der Waals surface area (Å²) in [5.41, 5.74) is 8.45. The molecule has 0 fully saturated rings. The van der Waals surface area contributed by atoms with Crippen molar-refractivity contribution < 1.29 is 13.9 Å². The molecule has 3 aromatic heterocycles. The number of rotatable bonds is 7. The maximum atomic E-state index is 12.1. The number of halogens is 1. The smallest absolute Gasteiger partial charge is 0.241 e. The maximum absolute atomic E-state index is 12.1. The Morgan fingerprint density at radius 3 is 2.92 bits per heavy atom. The van der Waals surface area contributed by atoms with Gasteiger partial charge in [-0.05, 0) is 12.1 Å². The maximum Gasteiger partial charge on any atom is 0.241 e. The summed E-state index contributed by atoms with van der Waals surface area (Å²) in [6.07, 6.45) is 8.13. The number of nitrogens with zero attached hydrogens (tertiary/aromatic N) is 3. The number of pyridine rings is 1. The third-order valence-corrected chi connectivity index (χ3v) is 3.40. The molecule has 0 bridgehead atoms. The van der Waals surface area contributed by atoms with Gasteiger partial charge in [-0.2, -0.15) is 0 Å². The minimum absolute atomic E-state index is 0.285. The molecule has 0 unspecified atom stereocenters. The van der Waals surface area contributed by atoms with E-state index in [1.165, 1.54) is 6.08 Å². The molecule has 3 N–H and O–H groups in total. The number of primary amides is 1. The minimum atomic E-state index is -0.536. The van der Waals surface area contributed by atoms with Crippen molar-refractivity contribution in [2.45, 2.75) is 6.42 Å². The molecular formula is C17H16FN5O2. The molecule has 128 valence electrons. The summed E-state index contributed by atoms with van der Waals surface area (Å²) in [4.78, 5) is 26.9. The molecular weight excluding hydrogens is 325 g/mol. The second kappa shape index (κ2) is 7.52. The normalized spacial score (nSPS) is 11.2. The zero-order chi connectivity index (χ0) is 17.6. The molecule has 0 aromatic carbocycles. The topological polar surface area (TPSA) is 107 Å². The van der Waals surface area contributed by atoms with Gasteiger partial charge in [0.05, 0.1) is 25.2 Å². The molecule has 0 atom stereocenters. The number of alkyl halides is 1. The van der Waals surface area contributed by atoms with Crippen LogP contribution in [0.5, 0.6) is 5.88 Å². The fraction of sp³-hybridized carbons (Fsp3) is 0.176. The number of H-pyrrole nitrogens is 1. The predicted molar refractivity (Wildman–Crippen MR) is 91.4 cm³/mol. The molecule has 0 aliphatic rings. The number of ether oxygens (including phenoxy) is 1. The quantitative estimate of drug-likeness (QED) is 0.506. The van der Waals surface area contributed by atoms with E-state index >= 15 is 0 Å². The van der Waals surface area contributed by atoms with Gasteiger partial charge in [0, 0.05) is 42.1 Å². The Kier molecular flexibility index (Phi) is 4.98.